The summed E-state index contributed by atoms with van der Waals surface area (Å²) in [7, 11) is 0. The van der Waals surface area contributed by atoms with Gasteiger partial charge in [-0.1, -0.05) is 128 Å². The van der Waals surface area contributed by atoms with Crippen LogP contribution < -0.4 is 0 Å². The smallest absolute Gasteiger partial charge is 0.430 e. The zero-order valence-electron chi connectivity index (χ0n) is 21.0. The molecule has 4 unspecified atom stereocenters. The predicted molar refractivity (Wildman–Crippen MR) is 128 cm³/mol. The van der Waals surface area contributed by atoms with E-state index in [2.05, 4.69) is 83.1 Å². The molecule has 0 aliphatic rings. The molecule has 0 aromatic heterocycles. The zero-order chi connectivity index (χ0) is 21.3. The van der Waals surface area contributed by atoms with Crippen molar-refractivity contribution in [1.82, 2.24) is 0 Å². The van der Waals surface area contributed by atoms with E-state index in [1.807, 2.05) is 0 Å². The molecule has 0 fully saturated rings. The fourth-order valence-corrected chi connectivity index (χ4v) is 13.3. The minimum Gasteiger partial charge on any atom is -0.636 e. The molecular formula is C24H52Al2O. The molecule has 0 bridgehead atoms. The van der Waals surface area contributed by atoms with Crippen molar-refractivity contribution in [3.63, 3.8) is 0 Å². The Balaban J connectivity index is 5.25. The molecule has 3 heteroatoms. The first-order valence-corrected chi connectivity index (χ1v) is 16.2. The monoisotopic (exact) mass is 410 g/mol. The molecule has 0 aliphatic heterocycles. The van der Waals surface area contributed by atoms with Crippen LogP contribution in [-0.4, -0.2) is 29.0 Å². The van der Waals surface area contributed by atoms with Crippen LogP contribution in [0, 0.1) is 47.3 Å². The molecule has 0 amide bonds. The standard InChI is InChI=1S/4C6H13.2Al.O/c4*1-5(2)6(3)4;;;/h4*5-6H,1H2,2-4H3;;;. The van der Waals surface area contributed by atoms with Crippen molar-refractivity contribution >= 4 is 29.0 Å². The van der Waals surface area contributed by atoms with E-state index in [1.165, 1.54) is 21.1 Å². The molecule has 27 heavy (non-hydrogen) atoms. The van der Waals surface area contributed by atoms with Gasteiger partial charge in [-0.2, -0.15) is 0 Å². The van der Waals surface area contributed by atoms with Gasteiger partial charge in [-0.05, 0) is 23.7 Å². The van der Waals surface area contributed by atoms with Gasteiger partial charge in [0, 0.05) is 0 Å². The van der Waals surface area contributed by atoms with Crippen LogP contribution in [0.15, 0.2) is 0 Å². The van der Waals surface area contributed by atoms with Crippen LogP contribution >= 0.6 is 0 Å². The zero-order valence-corrected chi connectivity index (χ0v) is 23.3. The van der Waals surface area contributed by atoms with E-state index in [0.29, 0.717) is 0 Å². The molecule has 0 saturated carbocycles. The van der Waals surface area contributed by atoms with E-state index in [1.54, 1.807) is 0 Å². The van der Waals surface area contributed by atoms with Gasteiger partial charge in [0.1, 0.15) is 0 Å². The number of hydrogen-bond donors (Lipinski definition) is 0. The van der Waals surface area contributed by atoms with Gasteiger partial charge in [0.25, 0.3) is 0 Å². The van der Waals surface area contributed by atoms with Crippen LogP contribution in [-0.2, 0) is 2.84 Å². The highest BCUT2D eigenvalue weighted by Gasteiger charge is 2.34. The minimum atomic E-state index is -1.14. The van der Waals surface area contributed by atoms with Gasteiger partial charge in [-0.25, -0.2) is 0 Å². The second-order valence-corrected chi connectivity index (χ2v) is 16.7. The molecule has 0 radical (unpaired) electrons. The summed E-state index contributed by atoms with van der Waals surface area (Å²) in [4.78, 5) is 0. The summed E-state index contributed by atoms with van der Waals surface area (Å²) in [6.45, 7) is 28.9. The first kappa shape index (κ1) is 28.0. The molecule has 0 aliphatic carbocycles. The van der Waals surface area contributed by atoms with Gasteiger partial charge >= 0.3 is 29.0 Å². The third kappa shape index (κ3) is 12.3. The highest BCUT2D eigenvalue weighted by Crippen LogP contribution is 2.29. The van der Waals surface area contributed by atoms with Gasteiger partial charge in [0.15, 0.2) is 0 Å². The van der Waals surface area contributed by atoms with Crippen molar-refractivity contribution in [2.24, 2.45) is 47.3 Å². The molecule has 1 nitrogen and oxygen atoms in total. The molecule has 0 aromatic rings. The lowest BCUT2D eigenvalue weighted by Crippen LogP contribution is -2.36. The Morgan fingerprint density at radius 3 is 0.741 bits per heavy atom. The summed E-state index contributed by atoms with van der Waals surface area (Å²) in [5, 5.41) is 5.52. The Labute approximate surface area is 182 Å². The quantitative estimate of drug-likeness (QED) is 0.262. The lowest BCUT2D eigenvalue weighted by Gasteiger charge is -2.30. The van der Waals surface area contributed by atoms with Crippen molar-refractivity contribution in [3.05, 3.63) is 0 Å². The van der Waals surface area contributed by atoms with Crippen LogP contribution in [0.4, 0.5) is 0 Å². The van der Waals surface area contributed by atoms with E-state index >= 15 is 0 Å². The van der Waals surface area contributed by atoms with E-state index < -0.39 is 29.0 Å². The summed E-state index contributed by atoms with van der Waals surface area (Å²) in [6, 6.07) is 0. The topological polar surface area (TPSA) is 9.23 Å². The summed E-state index contributed by atoms with van der Waals surface area (Å²) in [5.74, 6) is 6.34. The Bertz CT molecular complexity index is 301. The van der Waals surface area contributed by atoms with E-state index in [9.17, 15) is 0 Å². The van der Waals surface area contributed by atoms with Crippen LogP contribution in [0.3, 0.4) is 0 Å². The SMILES string of the molecule is CC(C)C(C)[CH2][Al]([CH2]C(C)C(C)C)[O][Al]([CH2]C(C)C(C)C)[CH2]C(C)C(C)C. The highest BCUT2D eigenvalue weighted by molar-refractivity contribution is 6.66. The lowest BCUT2D eigenvalue weighted by atomic mass is 10.0. The first-order valence-electron chi connectivity index (χ1n) is 12.0. The van der Waals surface area contributed by atoms with Crippen LogP contribution in [0.25, 0.3) is 0 Å². The second kappa shape index (κ2) is 14.1. The minimum absolute atomic E-state index is 0.780. The van der Waals surface area contributed by atoms with Crippen molar-refractivity contribution in [3.8, 4) is 0 Å². The third-order valence-electron chi connectivity index (χ3n) is 7.48. The van der Waals surface area contributed by atoms with E-state index in [0.717, 1.165) is 47.3 Å². The van der Waals surface area contributed by atoms with Gasteiger partial charge in [-0.3, -0.25) is 0 Å². The summed E-state index contributed by atoms with van der Waals surface area (Å²) in [6.07, 6.45) is 0. The number of hydrogen-bond acceptors (Lipinski definition) is 1. The maximum absolute atomic E-state index is 7.21. The Kier molecular flexibility index (Phi) is 14.6. The molecule has 0 aromatic carbocycles. The molecule has 0 rings (SSSR count). The molecule has 0 saturated heterocycles. The normalized spacial score (nSPS) is 16.9. The highest BCUT2D eigenvalue weighted by atomic mass is 27.3. The predicted octanol–water partition coefficient (Wildman–Crippen LogP) is 8.15. The van der Waals surface area contributed by atoms with Crippen molar-refractivity contribution in [2.45, 2.75) is 104 Å². The fourth-order valence-electron chi connectivity index (χ4n) is 3.43. The average molecular weight is 411 g/mol. The Morgan fingerprint density at radius 2 is 0.593 bits per heavy atom. The average Bonchev–Trinajstić information content (AvgIpc) is 2.53. The maximum atomic E-state index is 7.21. The van der Waals surface area contributed by atoms with Crippen molar-refractivity contribution < 1.29 is 2.84 Å². The second-order valence-electron chi connectivity index (χ2n) is 11.2. The lowest BCUT2D eigenvalue weighted by molar-refractivity contribution is 0.388. The summed E-state index contributed by atoms with van der Waals surface area (Å²) < 4.78 is 7.21. The number of rotatable bonds is 14. The third-order valence-corrected chi connectivity index (χ3v) is 15.6. The van der Waals surface area contributed by atoms with Crippen molar-refractivity contribution in [2.75, 3.05) is 0 Å². The van der Waals surface area contributed by atoms with Crippen molar-refractivity contribution in [1.29, 1.82) is 0 Å². The summed E-state index contributed by atoms with van der Waals surface area (Å²) >= 11 is -2.28. The van der Waals surface area contributed by atoms with Crippen LogP contribution in [0.1, 0.15) is 83.1 Å². The Hall–Kier alpha value is 1.02. The van der Waals surface area contributed by atoms with E-state index in [4.69, 9.17) is 2.84 Å². The van der Waals surface area contributed by atoms with Gasteiger partial charge in [0.2, 0.25) is 0 Å². The molecular weight excluding hydrogens is 358 g/mol. The molecule has 0 heterocycles. The van der Waals surface area contributed by atoms with E-state index in [-0.39, 0.29) is 0 Å². The fraction of sp³-hybridized carbons (Fsp3) is 1.00. The van der Waals surface area contributed by atoms with Crippen LogP contribution in [0.2, 0.25) is 21.1 Å². The van der Waals surface area contributed by atoms with Crippen LogP contribution in [0.5, 0.6) is 0 Å². The van der Waals surface area contributed by atoms with Gasteiger partial charge in [-0.15, -0.1) is 0 Å². The van der Waals surface area contributed by atoms with Gasteiger partial charge < -0.3 is 2.84 Å². The molecule has 4 atom stereocenters. The summed E-state index contributed by atoms with van der Waals surface area (Å²) in [5.41, 5.74) is 0. The molecule has 0 spiro atoms. The molecule has 0 N–H and O–H groups in total. The first-order chi connectivity index (χ1) is 12.3. The maximum Gasteiger partial charge on any atom is 0.430 e. The largest absolute Gasteiger partial charge is 0.636 e. The van der Waals surface area contributed by atoms with Gasteiger partial charge in [0.05, 0.1) is 0 Å². The molecule has 160 valence electrons. The Morgan fingerprint density at radius 1 is 0.407 bits per heavy atom.